The van der Waals surface area contributed by atoms with Gasteiger partial charge in [0.2, 0.25) is 0 Å². The van der Waals surface area contributed by atoms with Crippen LogP contribution in [0.1, 0.15) is 78.3 Å². The van der Waals surface area contributed by atoms with Gasteiger partial charge in [0.15, 0.2) is 0 Å². The first-order chi connectivity index (χ1) is 19.6. The molecule has 1 heterocycles. The monoisotopic (exact) mass is 572 g/mol. The van der Waals surface area contributed by atoms with E-state index < -0.39 is 29.7 Å². The standard InChI is InChI=1S/C32H46F2N4O3/c1-5-10-38(11-6-2)31(39)24-14-22(4)15-25(19-24)32(40)41-30(21-36-28-8-12-37(7-3)13-9-28)29(35)18-23-16-26(33)20-27(34)17-23/h14-17,19-20,28-30,36H,5-13,18,21,35H2,1-4H3/t29-,30+/m0/s1. The molecule has 0 spiro atoms. The van der Waals surface area contributed by atoms with Gasteiger partial charge in [-0.25, -0.2) is 13.6 Å². The summed E-state index contributed by atoms with van der Waals surface area (Å²) in [6.07, 6.45) is 2.98. The van der Waals surface area contributed by atoms with Crippen LogP contribution >= 0.6 is 0 Å². The molecule has 1 saturated heterocycles. The van der Waals surface area contributed by atoms with E-state index in [1.54, 1.807) is 23.1 Å². The normalized spacial score (nSPS) is 15.9. The summed E-state index contributed by atoms with van der Waals surface area (Å²) >= 11 is 0. The maximum atomic E-state index is 13.8. The zero-order valence-electron chi connectivity index (χ0n) is 24.9. The van der Waals surface area contributed by atoms with Crippen LogP contribution in [0.4, 0.5) is 8.78 Å². The van der Waals surface area contributed by atoms with Crippen LogP contribution in [0.2, 0.25) is 0 Å². The van der Waals surface area contributed by atoms with Crippen LogP contribution in [0.15, 0.2) is 36.4 Å². The van der Waals surface area contributed by atoms with E-state index in [2.05, 4.69) is 17.1 Å². The molecule has 1 fully saturated rings. The van der Waals surface area contributed by atoms with Crippen molar-refractivity contribution in [2.75, 3.05) is 39.3 Å². The van der Waals surface area contributed by atoms with Crippen molar-refractivity contribution in [1.29, 1.82) is 0 Å². The molecular weight excluding hydrogens is 526 g/mol. The molecule has 7 nitrogen and oxygen atoms in total. The first-order valence-electron chi connectivity index (χ1n) is 14.9. The first kappa shape index (κ1) is 32.6. The molecule has 2 aromatic rings. The first-order valence-corrected chi connectivity index (χ1v) is 14.9. The third kappa shape index (κ3) is 9.87. The van der Waals surface area contributed by atoms with Gasteiger partial charge < -0.3 is 25.6 Å². The lowest BCUT2D eigenvalue weighted by atomic mass is 10.00. The Morgan fingerprint density at radius 3 is 2.20 bits per heavy atom. The van der Waals surface area contributed by atoms with E-state index in [-0.39, 0.29) is 23.9 Å². The fourth-order valence-corrected chi connectivity index (χ4v) is 5.42. The maximum Gasteiger partial charge on any atom is 0.338 e. The Hall–Kier alpha value is -2.88. The van der Waals surface area contributed by atoms with Crippen LogP contribution in [0, 0.1) is 18.6 Å². The maximum absolute atomic E-state index is 13.8. The fraction of sp³-hybridized carbons (Fsp3) is 0.562. The highest BCUT2D eigenvalue weighted by molar-refractivity contribution is 5.98. The van der Waals surface area contributed by atoms with Gasteiger partial charge in [-0.1, -0.05) is 20.8 Å². The van der Waals surface area contributed by atoms with Gasteiger partial charge >= 0.3 is 5.97 Å². The molecule has 0 unspecified atom stereocenters. The fourth-order valence-electron chi connectivity index (χ4n) is 5.42. The number of likely N-dealkylation sites (tertiary alicyclic amines) is 1. The SMILES string of the molecule is CCCN(CCC)C(=O)c1cc(C)cc(C(=O)O[C@H](CNC2CCN(CC)CC2)[C@@H](N)Cc2cc(F)cc(F)c2)c1. The van der Waals surface area contributed by atoms with Crippen LogP contribution in [0.25, 0.3) is 0 Å². The topological polar surface area (TPSA) is 87.9 Å². The lowest BCUT2D eigenvalue weighted by Gasteiger charge is -2.33. The molecule has 9 heteroatoms. The van der Waals surface area contributed by atoms with E-state index in [1.165, 1.54) is 12.1 Å². The highest BCUT2D eigenvalue weighted by Gasteiger charge is 2.27. The number of hydrogen-bond acceptors (Lipinski definition) is 6. The summed E-state index contributed by atoms with van der Waals surface area (Å²) in [4.78, 5) is 30.9. The van der Waals surface area contributed by atoms with E-state index in [0.717, 1.165) is 56.9 Å². The third-order valence-electron chi connectivity index (χ3n) is 7.61. The predicted molar refractivity (Wildman–Crippen MR) is 158 cm³/mol. The smallest absolute Gasteiger partial charge is 0.338 e. The van der Waals surface area contributed by atoms with Gasteiger partial charge in [-0.2, -0.15) is 0 Å². The minimum absolute atomic E-state index is 0.118. The summed E-state index contributed by atoms with van der Waals surface area (Å²) in [7, 11) is 0. The largest absolute Gasteiger partial charge is 0.456 e. The summed E-state index contributed by atoms with van der Waals surface area (Å²) in [6.45, 7) is 12.6. The molecule has 3 rings (SSSR count). The van der Waals surface area contributed by atoms with Crippen LogP contribution < -0.4 is 11.1 Å². The van der Waals surface area contributed by atoms with Crippen LogP contribution in [0.3, 0.4) is 0 Å². The molecule has 1 aliphatic rings. The number of piperidine rings is 1. The molecule has 2 aromatic carbocycles. The number of rotatable bonds is 14. The van der Waals surface area contributed by atoms with E-state index in [4.69, 9.17) is 10.5 Å². The molecule has 1 amide bonds. The molecule has 0 radical (unpaired) electrons. The Labute approximate surface area is 243 Å². The Morgan fingerprint density at radius 2 is 1.61 bits per heavy atom. The predicted octanol–water partition coefficient (Wildman–Crippen LogP) is 4.70. The van der Waals surface area contributed by atoms with Crippen molar-refractivity contribution in [2.24, 2.45) is 5.73 Å². The van der Waals surface area contributed by atoms with Gasteiger partial charge in [-0.15, -0.1) is 0 Å². The van der Waals surface area contributed by atoms with Crippen LogP contribution in [-0.4, -0.2) is 79.1 Å². The minimum atomic E-state index is -0.755. The number of halogens is 2. The average Bonchev–Trinajstić information content (AvgIpc) is 2.94. The second-order valence-electron chi connectivity index (χ2n) is 11.1. The molecule has 226 valence electrons. The van der Waals surface area contributed by atoms with E-state index >= 15 is 0 Å². The third-order valence-corrected chi connectivity index (χ3v) is 7.61. The molecule has 2 atom stereocenters. The summed E-state index contributed by atoms with van der Waals surface area (Å²) < 4.78 is 33.6. The van der Waals surface area contributed by atoms with Crippen LogP contribution in [-0.2, 0) is 11.2 Å². The number of nitrogens with two attached hydrogens (primary N) is 1. The highest BCUT2D eigenvalue weighted by atomic mass is 19.1. The lowest BCUT2D eigenvalue weighted by Crippen LogP contribution is -2.50. The van der Waals surface area contributed by atoms with Crippen molar-refractivity contribution >= 4 is 11.9 Å². The second kappa shape index (κ2) is 15.9. The van der Waals surface area contributed by atoms with Gasteiger partial charge in [-0.05, 0) is 100 Å². The van der Waals surface area contributed by atoms with Crippen molar-refractivity contribution in [2.45, 2.75) is 78.0 Å². The van der Waals surface area contributed by atoms with Gasteiger partial charge in [-0.3, -0.25) is 4.79 Å². The van der Waals surface area contributed by atoms with Crippen molar-refractivity contribution in [3.8, 4) is 0 Å². The van der Waals surface area contributed by atoms with E-state index in [0.29, 0.717) is 30.8 Å². The Morgan fingerprint density at radius 1 is 1.00 bits per heavy atom. The molecule has 0 bridgehead atoms. The zero-order valence-corrected chi connectivity index (χ0v) is 24.9. The number of ether oxygens (including phenoxy) is 1. The number of nitrogens with one attached hydrogen (secondary N) is 1. The summed E-state index contributed by atoms with van der Waals surface area (Å²) in [5.41, 5.74) is 8.39. The molecule has 0 aromatic heterocycles. The van der Waals surface area contributed by atoms with Crippen LogP contribution in [0.5, 0.6) is 0 Å². The molecule has 41 heavy (non-hydrogen) atoms. The van der Waals surface area contributed by atoms with Crippen molar-refractivity contribution in [1.82, 2.24) is 15.1 Å². The summed E-state index contributed by atoms with van der Waals surface area (Å²) in [5.74, 6) is -2.07. The second-order valence-corrected chi connectivity index (χ2v) is 11.1. The number of carbonyl (C=O) groups excluding carboxylic acids is 2. The number of aryl methyl sites for hydroxylation is 1. The molecular formula is C32H46F2N4O3. The van der Waals surface area contributed by atoms with Gasteiger partial charge in [0, 0.05) is 43.3 Å². The Bertz CT molecular complexity index is 1130. The molecule has 1 aliphatic heterocycles. The summed E-state index contributed by atoms with van der Waals surface area (Å²) in [6, 6.07) is 7.90. The number of esters is 1. The van der Waals surface area contributed by atoms with Gasteiger partial charge in [0.25, 0.3) is 5.91 Å². The number of carbonyl (C=O) groups is 2. The van der Waals surface area contributed by atoms with Crippen molar-refractivity contribution < 1.29 is 23.1 Å². The highest BCUT2D eigenvalue weighted by Crippen LogP contribution is 2.18. The lowest BCUT2D eigenvalue weighted by molar-refractivity contribution is 0.0225. The van der Waals surface area contributed by atoms with Gasteiger partial charge in [0.05, 0.1) is 5.56 Å². The molecule has 0 aliphatic carbocycles. The Balaban J connectivity index is 1.78. The zero-order chi connectivity index (χ0) is 29.9. The molecule has 3 N–H and O–H groups in total. The number of nitrogens with zero attached hydrogens (tertiary/aromatic N) is 2. The van der Waals surface area contributed by atoms with E-state index in [9.17, 15) is 18.4 Å². The van der Waals surface area contributed by atoms with E-state index in [1.807, 2.05) is 20.8 Å². The van der Waals surface area contributed by atoms with Crippen molar-refractivity contribution in [3.05, 3.63) is 70.3 Å². The minimum Gasteiger partial charge on any atom is -0.456 e. The summed E-state index contributed by atoms with van der Waals surface area (Å²) in [5, 5.41) is 3.50. The molecule has 0 saturated carbocycles. The number of benzene rings is 2. The van der Waals surface area contributed by atoms with Gasteiger partial charge in [0.1, 0.15) is 17.7 Å². The number of amides is 1. The number of hydrogen-bond donors (Lipinski definition) is 2. The Kier molecular flexibility index (Phi) is 12.7. The van der Waals surface area contributed by atoms with Crippen molar-refractivity contribution in [3.63, 3.8) is 0 Å². The average molecular weight is 573 g/mol. The quantitative estimate of drug-likeness (QED) is 0.319.